The van der Waals surface area contributed by atoms with Gasteiger partial charge in [0.05, 0.1) is 17.3 Å². The highest BCUT2D eigenvalue weighted by Gasteiger charge is 2.24. The minimum absolute atomic E-state index is 0.103. The van der Waals surface area contributed by atoms with Crippen molar-refractivity contribution in [2.75, 3.05) is 12.9 Å². The lowest BCUT2D eigenvalue weighted by Crippen LogP contribution is -2.38. The molecule has 0 aromatic carbocycles. The lowest BCUT2D eigenvalue weighted by molar-refractivity contribution is 0.272. The number of rotatable bonds is 6. The summed E-state index contributed by atoms with van der Waals surface area (Å²) in [7, 11) is 0. The molecule has 1 heterocycles. The van der Waals surface area contributed by atoms with Crippen LogP contribution >= 0.6 is 23.1 Å². The van der Waals surface area contributed by atoms with Gasteiger partial charge < -0.3 is 10.4 Å². The Balaban J connectivity index is 2.82. The van der Waals surface area contributed by atoms with Crippen molar-refractivity contribution in [2.24, 2.45) is 0 Å². The molecule has 0 bridgehead atoms. The number of hydrogen-bond donors (Lipinski definition) is 2. The Kier molecular flexibility index (Phi) is 6.51. The first-order valence-electron chi connectivity index (χ1n) is 7.08. The molecular formula is C15H28N2OS2. The Morgan fingerprint density at radius 3 is 2.35 bits per heavy atom. The number of aromatic nitrogens is 1. The molecule has 2 N–H and O–H groups in total. The van der Waals surface area contributed by atoms with Crippen molar-refractivity contribution >= 4 is 23.1 Å². The largest absolute Gasteiger partial charge is 0.395 e. The minimum Gasteiger partial charge on any atom is -0.395 e. The summed E-state index contributed by atoms with van der Waals surface area (Å²) in [6.45, 7) is 13.2. The van der Waals surface area contributed by atoms with Crippen LogP contribution < -0.4 is 5.32 Å². The van der Waals surface area contributed by atoms with Crippen LogP contribution in [0.25, 0.3) is 0 Å². The third-order valence-electron chi connectivity index (χ3n) is 3.42. The molecule has 3 unspecified atom stereocenters. The van der Waals surface area contributed by atoms with Crippen LogP contribution in [0.15, 0.2) is 0 Å². The third-order valence-corrected chi connectivity index (χ3v) is 6.35. The second-order valence-corrected chi connectivity index (χ2v) is 8.46. The normalized spacial score (nSPS) is 17.0. The van der Waals surface area contributed by atoms with Crippen molar-refractivity contribution in [3.8, 4) is 0 Å². The molecule has 0 aliphatic rings. The van der Waals surface area contributed by atoms with Crippen molar-refractivity contribution in [1.82, 2.24) is 10.3 Å². The summed E-state index contributed by atoms with van der Waals surface area (Å²) in [5, 5.41) is 14.4. The van der Waals surface area contributed by atoms with E-state index in [-0.39, 0.29) is 29.4 Å². The van der Waals surface area contributed by atoms with Gasteiger partial charge >= 0.3 is 0 Å². The van der Waals surface area contributed by atoms with E-state index in [2.05, 4.69) is 46.9 Å². The summed E-state index contributed by atoms with van der Waals surface area (Å²) in [4.78, 5) is 6.02. The summed E-state index contributed by atoms with van der Waals surface area (Å²) >= 11 is 3.50. The minimum atomic E-state index is 0.103. The zero-order valence-corrected chi connectivity index (χ0v) is 15.3. The topological polar surface area (TPSA) is 45.1 Å². The Morgan fingerprint density at radius 1 is 1.35 bits per heavy atom. The summed E-state index contributed by atoms with van der Waals surface area (Å²) in [5.41, 5.74) is 1.23. The molecule has 0 radical (unpaired) electrons. The van der Waals surface area contributed by atoms with Gasteiger partial charge in [0.2, 0.25) is 0 Å². The first-order valence-corrected chi connectivity index (χ1v) is 9.18. The van der Waals surface area contributed by atoms with Crippen molar-refractivity contribution < 1.29 is 5.11 Å². The number of thioether (sulfide) groups is 1. The maximum absolute atomic E-state index is 9.37. The summed E-state index contributed by atoms with van der Waals surface area (Å²) in [6.07, 6.45) is 2.04. The fourth-order valence-electron chi connectivity index (χ4n) is 2.14. The molecule has 20 heavy (non-hydrogen) atoms. The molecule has 5 heteroatoms. The van der Waals surface area contributed by atoms with E-state index in [1.807, 2.05) is 6.26 Å². The smallest absolute Gasteiger partial charge is 0.0985 e. The van der Waals surface area contributed by atoms with Crippen molar-refractivity contribution in [3.63, 3.8) is 0 Å². The Bertz CT molecular complexity index is 422. The molecular weight excluding hydrogens is 288 g/mol. The predicted octanol–water partition coefficient (Wildman–Crippen LogP) is 3.51. The maximum atomic E-state index is 9.37. The summed E-state index contributed by atoms with van der Waals surface area (Å²) < 4.78 is 0. The van der Waals surface area contributed by atoms with Crippen LogP contribution in [-0.2, 0) is 5.41 Å². The average Bonchev–Trinajstić information content (AvgIpc) is 2.72. The van der Waals surface area contributed by atoms with Crippen LogP contribution in [0, 0.1) is 6.92 Å². The molecule has 0 aliphatic carbocycles. The van der Waals surface area contributed by atoms with Crippen molar-refractivity contribution in [2.45, 2.75) is 64.3 Å². The third kappa shape index (κ3) is 4.45. The Morgan fingerprint density at radius 2 is 1.95 bits per heavy atom. The highest BCUT2D eigenvalue weighted by molar-refractivity contribution is 7.99. The SMILES string of the molecule is CSC(CO)C(C)NC(C)c1sc(C(C)(C)C)nc1C. The molecule has 0 spiro atoms. The van der Waals surface area contributed by atoms with E-state index in [1.54, 1.807) is 23.1 Å². The van der Waals surface area contributed by atoms with Crippen LogP contribution in [0.1, 0.15) is 56.2 Å². The van der Waals surface area contributed by atoms with Crippen LogP contribution in [-0.4, -0.2) is 34.2 Å². The number of nitrogens with zero attached hydrogens (tertiary/aromatic N) is 1. The summed E-state index contributed by atoms with van der Waals surface area (Å²) in [5.74, 6) is 0. The zero-order chi connectivity index (χ0) is 15.5. The van der Waals surface area contributed by atoms with E-state index in [0.29, 0.717) is 0 Å². The van der Waals surface area contributed by atoms with Crippen molar-refractivity contribution in [1.29, 1.82) is 0 Å². The van der Waals surface area contributed by atoms with E-state index < -0.39 is 0 Å². The molecule has 0 amide bonds. The van der Waals surface area contributed by atoms with Crippen molar-refractivity contribution in [3.05, 3.63) is 15.6 Å². The van der Waals surface area contributed by atoms with E-state index in [9.17, 15) is 5.11 Å². The van der Waals surface area contributed by atoms with Gasteiger partial charge in [0, 0.05) is 27.6 Å². The van der Waals surface area contributed by atoms with Gasteiger partial charge in [-0.05, 0) is 27.0 Å². The lowest BCUT2D eigenvalue weighted by atomic mass is 9.98. The molecule has 1 rings (SSSR count). The second kappa shape index (κ2) is 7.25. The van der Waals surface area contributed by atoms with Crippen LogP contribution in [0.4, 0.5) is 0 Å². The van der Waals surface area contributed by atoms with Gasteiger partial charge in [0.25, 0.3) is 0 Å². The molecule has 0 saturated carbocycles. The molecule has 3 atom stereocenters. The van der Waals surface area contributed by atoms with Gasteiger partial charge in [-0.1, -0.05) is 20.8 Å². The molecule has 1 aromatic rings. The fourth-order valence-corrected chi connectivity index (χ4v) is 3.92. The predicted molar refractivity (Wildman–Crippen MR) is 91.0 cm³/mol. The van der Waals surface area contributed by atoms with Gasteiger partial charge in [-0.25, -0.2) is 4.98 Å². The van der Waals surface area contributed by atoms with E-state index in [0.717, 1.165) is 5.69 Å². The zero-order valence-electron chi connectivity index (χ0n) is 13.7. The van der Waals surface area contributed by atoms with Crippen LogP contribution in [0.5, 0.6) is 0 Å². The molecule has 116 valence electrons. The van der Waals surface area contributed by atoms with Crippen LogP contribution in [0.3, 0.4) is 0 Å². The van der Waals surface area contributed by atoms with Gasteiger partial charge in [0.15, 0.2) is 0 Å². The quantitative estimate of drug-likeness (QED) is 0.843. The highest BCUT2D eigenvalue weighted by Crippen LogP contribution is 2.32. The highest BCUT2D eigenvalue weighted by atomic mass is 32.2. The van der Waals surface area contributed by atoms with Gasteiger partial charge in [-0.2, -0.15) is 11.8 Å². The number of aryl methyl sites for hydroxylation is 1. The standard InChI is InChI=1S/C15H28N2OS2/c1-9(12(8-18)19-7)16-10(2)13-11(3)17-14(20-13)15(4,5)6/h9-10,12,16,18H,8H2,1-7H3. The first-order chi connectivity index (χ1) is 9.20. The van der Waals surface area contributed by atoms with E-state index in [1.165, 1.54) is 9.88 Å². The monoisotopic (exact) mass is 316 g/mol. The van der Waals surface area contributed by atoms with E-state index >= 15 is 0 Å². The Hall–Kier alpha value is -0.100. The molecule has 3 nitrogen and oxygen atoms in total. The van der Waals surface area contributed by atoms with Gasteiger partial charge in [0.1, 0.15) is 0 Å². The maximum Gasteiger partial charge on any atom is 0.0985 e. The number of thiazole rings is 1. The van der Waals surface area contributed by atoms with Gasteiger partial charge in [-0.15, -0.1) is 11.3 Å². The molecule has 0 fully saturated rings. The number of aliphatic hydroxyl groups is 1. The lowest BCUT2D eigenvalue weighted by Gasteiger charge is -2.25. The molecule has 0 saturated heterocycles. The first kappa shape index (κ1) is 18.0. The average molecular weight is 317 g/mol. The van der Waals surface area contributed by atoms with E-state index in [4.69, 9.17) is 4.98 Å². The van der Waals surface area contributed by atoms with Gasteiger partial charge in [-0.3, -0.25) is 0 Å². The number of hydrogen-bond acceptors (Lipinski definition) is 5. The summed E-state index contributed by atoms with van der Waals surface area (Å²) in [6, 6.07) is 0.532. The second-order valence-electron chi connectivity index (χ2n) is 6.35. The number of nitrogens with one attached hydrogen (secondary N) is 1. The number of aliphatic hydroxyl groups excluding tert-OH is 1. The Labute approximate surface area is 131 Å². The van der Waals surface area contributed by atoms with Crippen LogP contribution in [0.2, 0.25) is 0 Å². The molecule has 0 aliphatic heterocycles. The molecule has 1 aromatic heterocycles. The fraction of sp³-hybridized carbons (Fsp3) is 0.800.